The van der Waals surface area contributed by atoms with E-state index in [4.69, 9.17) is 32.7 Å². The summed E-state index contributed by atoms with van der Waals surface area (Å²) in [5.41, 5.74) is 2.51. The number of nitriles is 1. The zero-order valence-corrected chi connectivity index (χ0v) is 22.7. The highest BCUT2D eigenvalue weighted by Crippen LogP contribution is 2.44. The largest absolute Gasteiger partial charge is 0.491 e. The molecular formula is C26H25Cl2N3O5S. The molecular weight excluding hydrogens is 537 g/mol. The lowest BCUT2D eigenvalue weighted by Crippen LogP contribution is -2.44. The van der Waals surface area contributed by atoms with Gasteiger partial charge >= 0.3 is 5.97 Å². The maximum atomic E-state index is 13.0. The lowest BCUT2D eigenvalue weighted by atomic mass is 9.78. The zero-order valence-electron chi connectivity index (χ0n) is 20.4. The summed E-state index contributed by atoms with van der Waals surface area (Å²) in [6.45, 7) is 4.42. The number of thioether (sulfide) groups is 1. The van der Waals surface area contributed by atoms with E-state index in [1.807, 2.05) is 31.2 Å². The fourth-order valence-corrected chi connectivity index (χ4v) is 5.31. The summed E-state index contributed by atoms with van der Waals surface area (Å²) < 4.78 is 10.3. The Labute approximate surface area is 229 Å². The molecule has 0 aromatic heterocycles. The minimum Gasteiger partial charge on any atom is -0.491 e. The molecule has 0 aliphatic carbocycles. The summed E-state index contributed by atoms with van der Waals surface area (Å²) in [7, 11) is 1.16. The van der Waals surface area contributed by atoms with Crippen LogP contribution in [0.1, 0.15) is 29.5 Å². The molecule has 194 valence electrons. The molecule has 1 aliphatic heterocycles. The van der Waals surface area contributed by atoms with Crippen molar-refractivity contribution in [2.45, 2.75) is 26.3 Å². The molecule has 3 rings (SSSR count). The Balaban J connectivity index is 1.89. The molecule has 2 aromatic rings. The van der Waals surface area contributed by atoms with Crippen LogP contribution in [-0.2, 0) is 25.7 Å². The van der Waals surface area contributed by atoms with Gasteiger partial charge in [-0.25, -0.2) is 0 Å². The number of hydrogen-bond donors (Lipinski definition) is 2. The van der Waals surface area contributed by atoms with Gasteiger partial charge in [-0.1, -0.05) is 64.8 Å². The van der Waals surface area contributed by atoms with Crippen molar-refractivity contribution in [3.63, 3.8) is 0 Å². The molecule has 2 amide bonds. The molecule has 2 N–H and O–H groups in total. The van der Waals surface area contributed by atoms with Gasteiger partial charge in [0, 0.05) is 12.5 Å². The zero-order chi connectivity index (χ0) is 27.1. The Morgan fingerprint density at radius 1 is 1.19 bits per heavy atom. The standard InChI is InChI=1S/C26H25Cl2N3O5S/c1-4-36-23-18(27)9-16(10-19(23)28)21-17(11-29)25(31-24(33)22(21)26(34)35-3)37-13-20(32)30-12-15-7-5-14(2)6-8-15/h5-10,21-22H,4,12-13H2,1-3H3,(H,30,32)(H,31,33)/t21-,22-/m0/s1. The van der Waals surface area contributed by atoms with Crippen LogP contribution in [0.15, 0.2) is 47.0 Å². The van der Waals surface area contributed by atoms with Gasteiger partial charge in [-0.05, 0) is 37.1 Å². The smallest absolute Gasteiger partial charge is 0.319 e. The Morgan fingerprint density at radius 2 is 1.84 bits per heavy atom. The first-order valence-electron chi connectivity index (χ1n) is 11.3. The number of benzene rings is 2. The highest BCUT2D eigenvalue weighted by atomic mass is 35.5. The summed E-state index contributed by atoms with van der Waals surface area (Å²) in [4.78, 5) is 38.1. The van der Waals surface area contributed by atoms with Crippen LogP contribution >= 0.6 is 35.0 Å². The lowest BCUT2D eigenvalue weighted by molar-refractivity contribution is -0.150. The summed E-state index contributed by atoms with van der Waals surface area (Å²) in [6.07, 6.45) is 0. The number of aryl methyl sites for hydroxylation is 1. The second-order valence-corrected chi connectivity index (χ2v) is 9.92. The number of rotatable bonds is 9. The number of nitrogens with zero attached hydrogens (tertiary/aromatic N) is 1. The minimum atomic E-state index is -1.36. The van der Waals surface area contributed by atoms with E-state index >= 15 is 0 Å². The van der Waals surface area contributed by atoms with Crippen LogP contribution in [-0.4, -0.2) is 37.3 Å². The molecule has 0 fully saturated rings. The monoisotopic (exact) mass is 561 g/mol. The van der Waals surface area contributed by atoms with Gasteiger partial charge in [-0.3, -0.25) is 14.4 Å². The van der Waals surface area contributed by atoms with Crippen LogP contribution in [0.4, 0.5) is 0 Å². The summed E-state index contributed by atoms with van der Waals surface area (Å²) in [5.74, 6) is -3.97. The van der Waals surface area contributed by atoms with Crippen LogP contribution in [0.5, 0.6) is 5.75 Å². The number of hydrogen-bond acceptors (Lipinski definition) is 7. The maximum absolute atomic E-state index is 13.0. The summed E-state index contributed by atoms with van der Waals surface area (Å²) in [5, 5.41) is 16.0. The average Bonchev–Trinajstić information content (AvgIpc) is 2.88. The molecule has 2 atom stereocenters. The summed E-state index contributed by atoms with van der Waals surface area (Å²) >= 11 is 13.7. The molecule has 2 aromatic carbocycles. The van der Waals surface area contributed by atoms with E-state index < -0.39 is 23.7 Å². The molecule has 0 unspecified atom stereocenters. The third-order valence-electron chi connectivity index (χ3n) is 5.61. The van der Waals surface area contributed by atoms with E-state index in [9.17, 15) is 19.6 Å². The van der Waals surface area contributed by atoms with Crippen LogP contribution in [0.2, 0.25) is 10.0 Å². The van der Waals surface area contributed by atoms with Gasteiger partial charge < -0.3 is 20.1 Å². The SMILES string of the molecule is CCOc1c(Cl)cc([C@H]2C(C#N)=C(SCC(=O)NCc3ccc(C)cc3)NC(=O)[C@H]2C(=O)OC)cc1Cl. The number of nitrogens with one attached hydrogen (secondary N) is 2. The van der Waals surface area contributed by atoms with Gasteiger partial charge in [-0.2, -0.15) is 5.26 Å². The highest BCUT2D eigenvalue weighted by Gasteiger charge is 2.44. The van der Waals surface area contributed by atoms with Crippen molar-refractivity contribution in [3.8, 4) is 11.8 Å². The molecule has 0 saturated heterocycles. The molecule has 0 bridgehead atoms. The average molecular weight is 562 g/mol. The van der Waals surface area contributed by atoms with Crippen molar-refractivity contribution in [2.75, 3.05) is 19.5 Å². The molecule has 0 saturated carbocycles. The second kappa shape index (κ2) is 12.9. The van der Waals surface area contributed by atoms with Gasteiger partial charge in [0.05, 0.1) is 46.2 Å². The number of ether oxygens (including phenoxy) is 2. The Hall–Kier alpha value is -3.19. The molecule has 1 heterocycles. The maximum Gasteiger partial charge on any atom is 0.319 e. The molecule has 1 aliphatic rings. The Kier molecular flexibility index (Phi) is 9.86. The number of allylic oxidation sites excluding steroid dienone is 1. The molecule has 37 heavy (non-hydrogen) atoms. The number of carbonyl (C=O) groups is 3. The topological polar surface area (TPSA) is 118 Å². The number of halogens is 2. The molecule has 8 nitrogen and oxygen atoms in total. The van der Waals surface area contributed by atoms with Crippen LogP contribution < -0.4 is 15.4 Å². The first-order chi connectivity index (χ1) is 17.7. The fraction of sp³-hybridized carbons (Fsp3) is 0.308. The van der Waals surface area contributed by atoms with E-state index in [0.29, 0.717) is 18.7 Å². The van der Waals surface area contributed by atoms with Crippen molar-refractivity contribution in [1.29, 1.82) is 5.26 Å². The quantitative estimate of drug-likeness (QED) is 0.342. The molecule has 0 radical (unpaired) electrons. The summed E-state index contributed by atoms with van der Waals surface area (Å²) in [6, 6.07) is 12.8. The molecule has 0 spiro atoms. The predicted molar refractivity (Wildman–Crippen MR) is 142 cm³/mol. The van der Waals surface area contributed by atoms with Gasteiger partial charge in [-0.15, -0.1) is 0 Å². The second-order valence-electron chi connectivity index (χ2n) is 8.12. The minimum absolute atomic E-state index is 0.0624. The Bertz CT molecular complexity index is 1250. The lowest BCUT2D eigenvalue weighted by Gasteiger charge is -2.31. The van der Waals surface area contributed by atoms with Crippen molar-refractivity contribution < 1.29 is 23.9 Å². The van der Waals surface area contributed by atoms with Crippen molar-refractivity contribution >= 4 is 52.7 Å². The first kappa shape index (κ1) is 28.4. The van der Waals surface area contributed by atoms with Crippen molar-refractivity contribution in [2.24, 2.45) is 5.92 Å². The highest BCUT2D eigenvalue weighted by molar-refractivity contribution is 8.03. The van der Waals surface area contributed by atoms with E-state index in [1.165, 1.54) is 12.1 Å². The molecule has 11 heteroatoms. The number of esters is 1. The fourth-order valence-electron chi connectivity index (χ4n) is 3.82. The van der Waals surface area contributed by atoms with Gasteiger partial charge in [0.15, 0.2) is 5.75 Å². The van der Waals surface area contributed by atoms with E-state index in [1.54, 1.807) is 6.92 Å². The predicted octanol–water partition coefficient (Wildman–Crippen LogP) is 4.49. The van der Waals surface area contributed by atoms with Gasteiger partial charge in [0.2, 0.25) is 11.8 Å². The van der Waals surface area contributed by atoms with E-state index in [2.05, 4.69) is 16.7 Å². The van der Waals surface area contributed by atoms with Crippen molar-refractivity contribution in [1.82, 2.24) is 10.6 Å². The third-order valence-corrected chi connectivity index (χ3v) is 7.19. The van der Waals surface area contributed by atoms with Crippen LogP contribution in [0.3, 0.4) is 0 Å². The normalized spacial score (nSPS) is 17.0. The van der Waals surface area contributed by atoms with Gasteiger partial charge in [0.1, 0.15) is 5.92 Å². The Morgan fingerprint density at radius 3 is 2.41 bits per heavy atom. The van der Waals surface area contributed by atoms with E-state index in [-0.39, 0.29) is 38.1 Å². The van der Waals surface area contributed by atoms with Crippen LogP contribution in [0.25, 0.3) is 0 Å². The number of amides is 2. The first-order valence-corrected chi connectivity index (χ1v) is 13.0. The number of methoxy groups -OCH3 is 1. The van der Waals surface area contributed by atoms with Gasteiger partial charge in [0.25, 0.3) is 0 Å². The van der Waals surface area contributed by atoms with Crippen molar-refractivity contribution in [3.05, 3.63) is 73.7 Å². The third kappa shape index (κ3) is 6.77. The number of carbonyl (C=O) groups excluding carboxylic acids is 3. The van der Waals surface area contributed by atoms with E-state index in [0.717, 1.165) is 30.0 Å². The van der Waals surface area contributed by atoms with Crippen LogP contribution in [0, 0.1) is 24.2 Å².